The van der Waals surface area contributed by atoms with Crippen molar-refractivity contribution in [3.05, 3.63) is 82.7 Å². The molecule has 3 aliphatic rings. The maximum Gasteiger partial charge on any atom is 0.258 e. The van der Waals surface area contributed by atoms with Crippen LogP contribution in [-0.2, 0) is 18.4 Å². The number of amides is 1. The van der Waals surface area contributed by atoms with Crippen LogP contribution in [0.5, 0.6) is 5.75 Å². The van der Waals surface area contributed by atoms with Gasteiger partial charge in [0.25, 0.3) is 11.8 Å². The molecule has 8 nitrogen and oxygen atoms in total. The van der Waals surface area contributed by atoms with Crippen molar-refractivity contribution < 1.29 is 19.2 Å². The van der Waals surface area contributed by atoms with E-state index in [1.165, 1.54) is 11.1 Å². The van der Waals surface area contributed by atoms with Gasteiger partial charge in [0, 0.05) is 34.3 Å². The van der Waals surface area contributed by atoms with Gasteiger partial charge in [0.2, 0.25) is 5.82 Å². The lowest BCUT2D eigenvalue weighted by atomic mass is 9.74. The van der Waals surface area contributed by atoms with Crippen LogP contribution in [0.3, 0.4) is 0 Å². The fourth-order valence-corrected chi connectivity index (χ4v) is 6.42. The van der Waals surface area contributed by atoms with E-state index in [0.717, 1.165) is 72.6 Å². The molecule has 1 amide bonds. The van der Waals surface area contributed by atoms with Crippen molar-refractivity contribution in [1.29, 1.82) is 0 Å². The number of ether oxygens (including phenoxy) is 1. The SMILES string of the molecule is Cc1cc(-c2noc(CO)n2)ccc1-c1ccc(C(=O)N2CCc3cc4c(cc32)C2(CCN(C)CC2)CO4)cc1. The maximum atomic E-state index is 13.7. The molecule has 1 fully saturated rings. The molecule has 1 N–H and O–H groups in total. The zero-order chi connectivity index (χ0) is 27.4. The van der Waals surface area contributed by atoms with Crippen LogP contribution in [0.4, 0.5) is 5.69 Å². The molecule has 1 saturated heterocycles. The number of hydrogen-bond donors (Lipinski definition) is 1. The predicted molar refractivity (Wildman–Crippen MR) is 152 cm³/mol. The molecular weight excluding hydrogens is 504 g/mol. The first kappa shape index (κ1) is 25.0. The normalized spacial score (nSPS) is 17.6. The Balaban J connectivity index is 1.12. The van der Waals surface area contributed by atoms with Gasteiger partial charge in [-0.2, -0.15) is 4.98 Å². The third-order valence-electron chi connectivity index (χ3n) is 8.87. The van der Waals surface area contributed by atoms with Crippen molar-refractivity contribution >= 4 is 11.6 Å². The number of fused-ring (bicyclic) bond motifs is 3. The van der Waals surface area contributed by atoms with E-state index in [2.05, 4.69) is 34.2 Å². The molecule has 1 spiro atoms. The molecule has 40 heavy (non-hydrogen) atoms. The van der Waals surface area contributed by atoms with Crippen LogP contribution in [0.15, 0.2) is 59.1 Å². The van der Waals surface area contributed by atoms with Gasteiger partial charge in [-0.15, -0.1) is 0 Å². The summed E-state index contributed by atoms with van der Waals surface area (Å²) < 4.78 is 11.2. The van der Waals surface area contributed by atoms with Gasteiger partial charge < -0.3 is 24.2 Å². The van der Waals surface area contributed by atoms with Crippen molar-refractivity contribution in [3.63, 3.8) is 0 Å². The van der Waals surface area contributed by atoms with E-state index in [0.29, 0.717) is 17.9 Å². The minimum atomic E-state index is -0.284. The molecule has 4 heterocycles. The second-order valence-corrected chi connectivity index (χ2v) is 11.3. The molecule has 0 saturated carbocycles. The molecular formula is C32H32N4O4. The quantitative estimate of drug-likeness (QED) is 0.402. The lowest BCUT2D eigenvalue weighted by Crippen LogP contribution is -2.42. The summed E-state index contributed by atoms with van der Waals surface area (Å²) in [5.41, 5.74) is 8.23. The molecule has 8 heteroatoms. The second kappa shape index (κ2) is 9.57. The first-order valence-corrected chi connectivity index (χ1v) is 13.9. The van der Waals surface area contributed by atoms with Crippen molar-refractivity contribution in [3.8, 4) is 28.3 Å². The number of rotatable bonds is 4. The number of carbonyl (C=O) groups excluding carboxylic acids is 1. The summed E-state index contributed by atoms with van der Waals surface area (Å²) in [7, 11) is 2.18. The average molecular weight is 537 g/mol. The van der Waals surface area contributed by atoms with Gasteiger partial charge in [-0.25, -0.2) is 0 Å². The Morgan fingerprint density at radius 3 is 2.52 bits per heavy atom. The maximum absolute atomic E-state index is 13.7. The summed E-state index contributed by atoms with van der Waals surface area (Å²) in [4.78, 5) is 22.2. The van der Waals surface area contributed by atoms with Gasteiger partial charge in [0.15, 0.2) is 0 Å². The lowest BCUT2D eigenvalue weighted by molar-refractivity contribution is 0.0989. The summed E-state index contributed by atoms with van der Waals surface area (Å²) >= 11 is 0. The standard InChI is InChI=1S/C32H32N4O4/c1-20-15-24(30-33-29(18-37)40-34-30)7-8-25(20)21-3-5-22(6-4-21)31(38)36-12-9-23-16-28-26(17-27(23)36)32(19-39-28)10-13-35(2)14-11-32/h3-8,15-17,37H,9-14,18-19H2,1-2H3. The minimum absolute atomic E-state index is 0.0328. The Labute approximate surface area is 233 Å². The first-order chi connectivity index (χ1) is 19.4. The molecule has 0 radical (unpaired) electrons. The van der Waals surface area contributed by atoms with Crippen LogP contribution < -0.4 is 9.64 Å². The molecule has 0 bridgehead atoms. The third kappa shape index (κ3) is 4.10. The fraction of sp³-hybridized carbons (Fsp3) is 0.344. The Kier molecular flexibility index (Phi) is 5.98. The van der Waals surface area contributed by atoms with Crippen molar-refractivity contribution in [2.45, 2.75) is 38.2 Å². The highest BCUT2D eigenvalue weighted by Gasteiger charge is 2.44. The molecule has 0 aliphatic carbocycles. The van der Waals surface area contributed by atoms with Crippen LogP contribution >= 0.6 is 0 Å². The highest BCUT2D eigenvalue weighted by Crippen LogP contribution is 2.49. The summed E-state index contributed by atoms with van der Waals surface area (Å²) in [6.07, 6.45) is 3.02. The Hall–Kier alpha value is -4.01. The molecule has 0 unspecified atom stereocenters. The van der Waals surface area contributed by atoms with Crippen LogP contribution in [0.1, 0.15) is 45.8 Å². The highest BCUT2D eigenvalue weighted by atomic mass is 16.5. The van der Waals surface area contributed by atoms with Crippen LogP contribution in [0.25, 0.3) is 22.5 Å². The number of nitrogens with zero attached hydrogens (tertiary/aromatic N) is 4. The number of aliphatic hydroxyl groups excluding tert-OH is 1. The van der Waals surface area contributed by atoms with Crippen molar-refractivity contribution in [1.82, 2.24) is 15.0 Å². The largest absolute Gasteiger partial charge is 0.492 e. The number of aliphatic hydroxyl groups is 1. The number of anilines is 1. The minimum Gasteiger partial charge on any atom is -0.492 e. The number of aryl methyl sites for hydroxylation is 1. The summed E-state index contributed by atoms with van der Waals surface area (Å²) in [5.74, 6) is 1.68. The smallest absolute Gasteiger partial charge is 0.258 e. The Morgan fingerprint density at radius 1 is 1.02 bits per heavy atom. The van der Waals surface area contributed by atoms with Gasteiger partial charge >= 0.3 is 0 Å². The van der Waals surface area contributed by atoms with E-state index in [1.807, 2.05) is 54.3 Å². The number of hydrogen-bond acceptors (Lipinski definition) is 7. The van der Waals surface area contributed by atoms with Gasteiger partial charge in [0.1, 0.15) is 12.4 Å². The number of likely N-dealkylation sites (tertiary alicyclic amines) is 1. The Bertz CT molecular complexity index is 1600. The first-order valence-electron chi connectivity index (χ1n) is 13.9. The van der Waals surface area contributed by atoms with Crippen LogP contribution in [0, 0.1) is 6.92 Å². The summed E-state index contributed by atoms with van der Waals surface area (Å²) in [5, 5.41) is 13.1. The lowest BCUT2D eigenvalue weighted by Gasteiger charge is -2.37. The number of piperidine rings is 1. The van der Waals surface area contributed by atoms with E-state index >= 15 is 0 Å². The van der Waals surface area contributed by atoms with Crippen LogP contribution in [-0.4, -0.2) is 59.3 Å². The van der Waals surface area contributed by atoms with E-state index in [4.69, 9.17) is 9.26 Å². The monoisotopic (exact) mass is 536 g/mol. The van der Waals surface area contributed by atoms with E-state index in [-0.39, 0.29) is 23.8 Å². The van der Waals surface area contributed by atoms with E-state index in [1.54, 1.807) is 0 Å². The molecule has 7 rings (SSSR count). The number of carbonyl (C=O) groups is 1. The molecule has 4 aromatic rings. The van der Waals surface area contributed by atoms with Gasteiger partial charge in [0.05, 0.1) is 6.61 Å². The Morgan fingerprint density at radius 2 is 1.80 bits per heavy atom. The van der Waals surface area contributed by atoms with Crippen LogP contribution in [0.2, 0.25) is 0 Å². The molecule has 3 aromatic carbocycles. The third-order valence-corrected chi connectivity index (χ3v) is 8.87. The fourth-order valence-electron chi connectivity index (χ4n) is 6.42. The number of aromatic nitrogens is 2. The van der Waals surface area contributed by atoms with Gasteiger partial charge in [-0.05, 0) is 98.9 Å². The molecule has 1 aromatic heterocycles. The van der Waals surface area contributed by atoms with E-state index < -0.39 is 0 Å². The molecule has 3 aliphatic heterocycles. The second-order valence-electron chi connectivity index (χ2n) is 11.3. The molecule has 0 atom stereocenters. The number of benzene rings is 3. The summed E-state index contributed by atoms with van der Waals surface area (Å²) in [6, 6.07) is 18.3. The topological polar surface area (TPSA) is 91.9 Å². The molecule has 204 valence electrons. The predicted octanol–water partition coefficient (Wildman–Crippen LogP) is 4.76. The highest BCUT2D eigenvalue weighted by molar-refractivity contribution is 6.07. The van der Waals surface area contributed by atoms with Gasteiger partial charge in [-0.1, -0.05) is 29.4 Å². The van der Waals surface area contributed by atoms with Crippen molar-refractivity contribution in [2.24, 2.45) is 0 Å². The average Bonchev–Trinajstić information content (AvgIpc) is 3.71. The van der Waals surface area contributed by atoms with Gasteiger partial charge in [-0.3, -0.25) is 4.79 Å². The zero-order valence-corrected chi connectivity index (χ0v) is 22.8. The zero-order valence-electron chi connectivity index (χ0n) is 22.8. The van der Waals surface area contributed by atoms with Crippen molar-refractivity contribution in [2.75, 3.05) is 38.2 Å². The summed E-state index contributed by atoms with van der Waals surface area (Å²) in [6.45, 7) is 5.31. The van der Waals surface area contributed by atoms with E-state index in [9.17, 15) is 9.90 Å².